The van der Waals surface area contributed by atoms with E-state index in [4.69, 9.17) is 0 Å². The van der Waals surface area contributed by atoms with Crippen molar-refractivity contribution in [2.24, 2.45) is 0 Å². The maximum absolute atomic E-state index is 11.2. The van der Waals surface area contributed by atoms with Crippen LogP contribution in [0.3, 0.4) is 0 Å². The van der Waals surface area contributed by atoms with Crippen LogP contribution in [-0.4, -0.2) is 15.3 Å². The predicted octanol–water partition coefficient (Wildman–Crippen LogP) is 3.20. The van der Waals surface area contributed by atoms with E-state index in [2.05, 4.69) is 23.4 Å². The van der Waals surface area contributed by atoms with Crippen LogP contribution in [0.2, 0.25) is 0 Å². The van der Waals surface area contributed by atoms with Gasteiger partial charge in [0.2, 0.25) is 0 Å². The highest BCUT2D eigenvalue weighted by Gasteiger charge is 2.08. The van der Waals surface area contributed by atoms with Crippen molar-refractivity contribution in [1.82, 2.24) is 9.55 Å². The van der Waals surface area contributed by atoms with Gasteiger partial charge in [-0.1, -0.05) is 13.8 Å². The lowest BCUT2D eigenvalue weighted by atomic mass is 10.1. The number of hydrogen-bond acceptors (Lipinski definition) is 2. The van der Waals surface area contributed by atoms with Crippen molar-refractivity contribution >= 4 is 5.78 Å². The van der Waals surface area contributed by atoms with Crippen LogP contribution < -0.4 is 0 Å². The Labute approximate surface area is 101 Å². The number of rotatable bonds is 3. The number of carbonyl (C=O) groups is 1. The van der Waals surface area contributed by atoms with Crippen molar-refractivity contribution in [3.05, 3.63) is 48.0 Å². The minimum absolute atomic E-state index is 0.0891. The van der Waals surface area contributed by atoms with Gasteiger partial charge in [0, 0.05) is 29.6 Å². The van der Waals surface area contributed by atoms with Gasteiger partial charge in [-0.15, -0.1) is 0 Å². The normalized spacial score (nSPS) is 10.8. The highest BCUT2D eigenvalue weighted by molar-refractivity contribution is 5.94. The number of nitrogens with zero attached hydrogens (tertiary/aromatic N) is 2. The van der Waals surface area contributed by atoms with Crippen LogP contribution in [0.4, 0.5) is 0 Å². The van der Waals surface area contributed by atoms with Crippen LogP contribution in [0.5, 0.6) is 0 Å². The summed E-state index contributed by atoms with van der Waals surface area (Å²) in [5.41, 5.74) is 1.77. The maximum atomic E-state index is 11.2. The van der Waals surface area contributed by atoms with E-state index in [0.29, 0.717) is 5.92 Å². The van der Waals surface area contributed by atoms with Gasteiger partial charge < -0.3 is 4.57 Å². The van der Waals surface area contributed by atoms with Crippen LogP contribution in [0.25, 0.3) is 5.69 Å². The second-order valence-corrected chi connectivity index (χ2v) is 4.41. The minimum Gasteiger partial charge on any atom is -0.304 e. The zero-order chi connectivity index (χ0) is 12.4. The summed E-state index contributed by atoms with van der Waals surface area (Å²) in [6.45, 7) is 5.80. The van der Waals surface area contributed by atoms with E-state index in [9.17, 15) is 4.79 Å². The zero-order valence-corrected chi connectivity index (χ0v) is 10.3. The van der Waals surface area contributed by atoms with Crippen LogP contribution in [0, 0.1) is 0 Å². The van der Waals surface area contributed by atoms with Gasteiger partial charge in [-0.25, -0.2) is 4.98 Å². The van der Waals surface area contributed by atoms with Gasteiger partial charge in [0.1, 0.15) is 5.82 Å². The highest BCUT2D eigenvalue weighted by Crippen LogP contribution is 2.18. The average Bonchev–Trinajstić information content (AvgIpc) is 2.78. The second kappa shape index (κ2) is 4.53. The molecule has 0 spiro atoms. The summed E-state index contributed by atoms with van der Waals surface area (Å²) in [7, 11) is 0. The number of aromatic nitrogens is 2. The average molecular weight is 228 g/mol. The van der Waals surface area contributed by atoms with Gasteiger partial charge in [-0.2, -0.15) is 0 Å². The summed E-state index contributed by atoms with van der Waals surface area (Å²) in [5, 5.41) is 0. The molecule has 17 heavy (non-hydrogen) atoms. The summed E-state index contributed by atoms with van der Waals surface area (Å²) < 4.78 is 2.05. The smallest absolute Gasteiger partial charge is 0.159 e. The van der Waals surface area contributed by atoms with Crippen molar-refractivity contribution < 1.29 is 4.79 Å². The van der Waals surface area contributed by atoms with Gasteiger partial charge in [0.25, 0.3) is 0 Å². The lowest BCUT2D eigenvalue weighted by Crippen LogP contribution is -2.02. The quantitative estimate of drug-likeness (QED) is 0.756. The highest BCUT2D eigenvalue weighted by atomic mass is 16.1. The Bertz CT molecular complexity index is 523. The molecule has 0 aliphatic heterocycles. The Balaban J connectivity index is 2.40. The number of carbonyl (C=O) groups excluding carboxylic acids is 1. The molecule has 1 aromatic heterocycles. The number of Topliss-reactive ketones (excluding diaryl/α,β-unsaturated/α-hetero) is 1. The molecule has 1 aromatic carbocycles. The molecule has 3 nitrogen and oxygen atoms in total. The van der Waals surface area contributed by atoms with E-state index >= 15 is 0 Å². The number of imidazole rings is 1. The van der Waals surface area contributed by atoms with Gasteiger partial charge in [-0.05, 0) is 31.2 Å². The third kappa shape index (κ3) is 2.28. The molecule has 0 bridgehead atoms. The third-order valence-electron chi connectivity index (χ3n) is 2.74. The summed E-state index contributed by atoms with van der Waals surface area (Å²) >= 11 is 0. The van der Waals surface area contributed by atoms with Crippen LogP contribution >= 0.6 is 0 Å². The first kappa shape index (κ1) is 11.6. The van der Waals surface area contributed by atoms with Gasteiger partial charge in [0.05, 0.1) is 0 Å². The molecule has 1 heterocycles. The van der Waals surface area contributed by atoms with Gasteiger partial charge in [-0.3, -0.25) is 4.79 Å². The zero-order valence-electron chi connectivity index (χ0n) is 10.3. The van der Waals surface area contributed by atoms with Crippen LogP contribution in [0.15, 0.2) is 36.7 Å². The fourth-order valence-corrected chi connectivity index (χ4v) is 1.82. The molecule has 0 unspecified atom stereocenters. The molecule has 0 saturated heterocycles. The van der Waals surface area contributed by atoms with Crippen LogP contribution in [-0.2, 0) is 0 Å². The van der Waals surface area contributed by atoms with E-state index in [0.717, 1.165) is 17.1 Å². The van der Waals surface area contributed by atoms with E-state index in [1.807, 2.05) is 30.5 Å². The summed E-state index contributed by atoms with van der Waals surface area (Å²) in [6.07, 6.45) is 3.74. The Kier molecular flexibility index (Phi) is 3.09. The Morgan fingerprint density at radius 1 is 1.24 bits per heavy atom. The topological polar surface area (TPSA) is 34.9 Å². The molecule has 2 aromatic rings. The Morgan fingerprint density at radius 3 is 2.41 bits per heavy atom. The SMILES string of the molecule is CC(=O)c1ccc(-n2ccnc2C(C)C)cc1. The minimum atomic E-state index is 0.0891. The van der Waals surface area contributed by atoms with Crippen molar-refractivity contribution in [1.29, 1.82) is 0 Å². The molecule has 3 heteroatoms. The molecule has 0 aliphatic carbocycles. The largest absolute Gasteiger partial charge is 0.304 e. The number of hydrogen-bond donors (Lipinski definition) is 0. The van der Waals surface area contributed by atoms with E-state index in [-0.39, 0.29) is 5.78 Å². The Hall–Kier alpha value is -1.90. The lowest BCUT2D eigenvalue weighted by molar-refractivity contribution is 0.101. The molecule has 88 valence electrons. The molecule has 2 rings (SSSR count). The molecular weight excluding hydrogens is 212 g/mol. The first-order valence-corrected chi connectivity index (χ1v) is 5.74. The molecule has 0 amide bonds. The monoisotopic (exact) mass is 228 g/mol. The van der Waals surface area contributed by atoms with E-state index < -0.39 is 0 Å². The standard InChI is InChI=1S/C14H16N2O/c1-10(2)14-15-8-9-16(14)13-6-4-12(5-7-13)11(3)17/h4-10H,1-3H3. The molecule has 0 radical (unpaired) electrons. The van der Waals surface area contributed by atoms with Crippen molar-refractivity contribution in [2.75, 3.05) is 0 Å². The lowest BCUT2D eigenvalue weighted by Gasteiger charge is -2.10. The van der Waals surface area contributed by atoms with Crippen molar-refractivity contribution in [2.45, 2.75) is 26.7 Å². The molecule has 0 fully saturated rings. The summed E-state index contributed by atoms with van der Waals surface area (Å²) in [6, 6.07) is 7.60. The summed E-state index contributed by atoms with van der Waals surface area (Å²) in [4.78, 5) is 15.5. The van der Waals surface area contributed by atoms with Crippen LogP contribution in [0.1, 0.15) is 42.9 Å². The van der Waals surface area contributed by atoms with E-state index in [1.54, 1.807) is 13.1 Å². The van der Waals surface area contributed by atoms with Gasteiger partial charge in [0.15, 0.2) is 5.78 Å². The van der Waals surface area contributed by atoms with Crippen molar-refractivity contribution in [3.63, 3.8) is 0 Å². The molecule has 0 aliphatic rings. The fraction of sp³-hybridized carbons (Fsp3) is 0.286. The maximum Gasteiger partial charge on any atom is 0.159 e. The first-order chi connectivity index (χ1) is 8.09. The molecule has 0 N–H and O–H groups in total. The van der Waals surface area contributed by atoms with E-state index in [1.165, 1.54) is 0 Å². The first-order valence-electron chi connectivity index (χ1n) is 5.74. The number of ketones is 1. The molecule has 0 saturated carbocycles. The summed E-state index contributed by atoms with van der Waals surface area (Å²) in [5.74, 6) is 1.49. The molecular formula is C14H16N2O. The predicted molar refractivity (Wildman–Crippen MR) is 67.7 cm³/mol. The van der Waals surface area contributed by atoms with Gasteiger partial charge >= 0.3 is 0 Å². The molecule has 0 atom stereocenters. The number of benzene rings is 1. The van der Waals surface area contributed by atoms with Crippen molar-refractivity contribution in [3.8, 4) is 5.69 Å². The fourth-order valence-electron chi connectivity index (χ4n) is 1.82. The Morgan fingerprint density at radius 2 is 1.88 bits per heavy atom. The second-order valence-electron chi connectivity index (χ2n) is 4.41. The third-order valence-corrected chi connectivity index (χ3v) is 2.74.